The SMILES string of the molecule is CCOC(=O)C1=C(c2ccccc2)NC(=O)[C@@H](C(=O)OCC)[C@@H]1c1ccc(Cl)cc1. The van der Waals surface area contributed by atoms with Gasteiger partial charge in [-0.05, 0) is 37.1 Å². The van der Waals surface area contributed by atoms with Crippen LogP contribution in [0.5, 0.6) is 0 Å². The quantitative estimate of drug-likeness (QED) is 0.561. The molecule has 0 aliphatic carbocycles. The molecule has 0 spiro atoms. The maximum absolute atomic E-state index is 13.1. The van der Waals surface area contributed by atoms with Gasteiger partial charge < -0.3 is 14.8 Å². The first kappa shape index (κ1) is 21.6. The average molecular weight is 428 g/mol. The highest BCUT2D eigenvalue weighted by molar-refractivity contribution is 6.30. The van der Waals surface area contributed by atoms with Crippen molar-refractivity contribution in [1.29, 1.82) is 0 Å². The molecule has 0 bridgehead atoms. The van der Waals surface area contributed by atoms with Gasteiger partial charge in [0.15, 0.2) is 0 Å². The fraction of sp³-hybridized carbons (Fsp3) is 0.261. The molecule has 2 atom stereocenters. The van der Waals surface area contributed by atoms with Crippen molar-refractivity contribution < 1.29 is 23.9 Å². The molecule has 0 saturated carbocycles. The van der Waals surface area contributed by atoms with Crippen molar-refractivity contribution in [3.63, 3.8) is 0 Å². The van der Waals surface area contributed by atoms with Crippen LogP contribution >= 0.6 is 11.6 Å². The number of nitrogens with one attached hydrogen (secondary N) is 1. The van der Waals surface area contributed by atoms with E-state index in [0.29, 0.717) is 21.8 Å². The van der Waals surface area contributed by atoms with E-state index >= 15 is 0 Å². The smallest absolute Gasteiger partial charge is 0.336 e. The number of carbonyl (C=O) groups excluding carboxylic acids is 3. The number of hydrogen-bond donors (Lipinski definition) is 1. The molecule has 7 heteroatoms. The Kier molecular flexibility index (Phi) is 6.90. The number of benzene rings is 2. The fourth-order valence-electron chi connectivity index (χ4n) is 3.52. The first-order valence-electron chi connectivity index (χ1n) is 9.67. The molecule has 2 aromatic rings. The first-order chi connectivity index (χ1) is 14.5. The Bertz CT molecular complexity index is 969. The van der Waals surface area contributed by atoms with Crippen molar-refractivity contribution in [3.8, 4) is 0 Å². The van der Waals surface area contributed by atoms with Gasteiger partial charge in [0.2, 0.25) is 5.91 Å². The van der Waals surface area contributed by atoms with Crippen LogP contribution in [-0.4, -0.2) is 31.1 Å². The minimum Gasteiger partial charge on any atom is -0.465 e. The van der Waals surface area contributed by atoms with E-state index < -0.39 is 29.7 Å². The van der Waals surface area contributed by atoms with E-state index in [1.54, 1.807) is 62.4 Å². The lowest BCUT2D eigenvalue weighted by molar-refractivity contribution is -0.153. The highest BCUT2D eigenvalue weighted by Crippen LogP contribution is 2.41. The summed E-state index contributed by atoms with van der Waals surface area (Å²) in [6, 6.07) is 15.7. The molecule has 2 aromatic carbocycles. The normalized spacial score (nSPS) is 18.6. The summed E-state index contributed by atoms with van der Waals surface area (Å²) in [6.45, 7) is 3.62. The molecule has 1 N–H and O–H groups in total. The summed E-state index contributed by atoms with van der Waals surface area (Å²) in [5, 5.41) is 3.23. The summed E-state index contributed by atoms with van der Waals surface area (Å²) < 4.78 is 10.5. The van der Waals surface area contributed by atoms with E-state index in [4.69, 9.17) is 21.1 Å². The predicted molar refractivity (Wildman–Crippen MR) is 112 cm³/mol. The Morgan fingerprint density at radius 1 is 0.967 bits per heavy atom. The molecule has 30 heavy (non-hydrogen) atoms. The number of amides is 1. The summed E-state index contributed by atoms with van der Waals surface area (Å²) >= 11 is 6.03. The molecule has 6 nitrogen and oxygen atoms in total. The number of ether oxygens (including phenoxy) is 2. The van der Waals surface area contributed by atoms with Crippen molar-refractivity contribution in [3.05, 3.63) is 76.3 Å². The third-order valence-electron chi connectivity index (χ3n) is 4.77. The number of halogens is 1. The predicted octanol–water partition coefficient (Wildman–Crippen LogP) is 3.71. The highest BCUT2D eigenvalue weighted by atomic mass is 35.5. The van der Waals surface area contributed by atoms with Gasteiger partial charge in [-0.2, -0.15) is 0 Å². The Hall–Kier alpha value is -3.12. The van der Waals surface area contributed by atoms with Crippen LogP contribution in [-0.2, 0) is 23.9 Å². The summed E-state index contributed by atoms with van der Waals surface area (Å²) in [4.78, 5) is 38.8. The lowest BCUT2D eigenvalue weighted by Gasteiger charge is -2.33. The van der Waals surface area contributed by atoms with E-state index in [1.165, 1.54) is 0 Å². The van der Waals surface area contributed by atoms with Gasteiger partial charge in [-0.3, -0.25) is 9.59 Å². The number of esters is 2. The third-order valence-corrected chi connectivity index (χ3v) is 5.02. The molecule has 1 aliphatic heterocycles. The van der Waals surface area contributed by atoms with Gasteiger partial charge in [0, 0.05) is 10.9 Å². The zero-order valence-corrected chi connectivity index (χ0v) is 17.4. The van der Waals surface area contributed by atoms with Gasteiger partial charge in [0.1, 0.15) is 5.92 Å². The Morgan fingerprint density at radius 3 is 2.20 bits per heavy atom. The molecule has 3 rings (SSSR count). The summed E-state index contributed by atoms with van der Waals surface area (Å²) in [5.74, 6) is -3.97. The van der Waals surface area contributed by atoms with Crippen LogP contribution < -0.4 is 5.32 Å². The largest absolute Gasteiger partial charge is 0.465 e. The zero-order chi connectivity index (χ0) is 21.7. The molecular formula is C23H22ClNO5. The van der Waals surface area contributed by atoms with Gasteiger partial charge in [0.25, 0.3) is 0 Å². The topological polar surface area (TPSA) is 81.7 Å². The number of carbonyl (C=O) groups is 3. The van der Waals surface area contributed by atoms with Gasteiger partial charge in [0.05, 0.1) is 24.5 Å². The van der Waals surface area contributed by atoms with Crippen LogP contribution in [0.2, 0.25) is 5.02 Å². The van der Waals surface area contributed by atoms with Crippen LogP contribution in [0.15, 0.2) is 60.2 Å². The van der Waals surface area contributed by atoms with E-state index in [2.05, 4.69) is 5.32 Å². The fourth-order valence-corrected chi connectivity index (χ4v) is 3.64. The van der Waals surface area contributed by atoms with Gasteiger partial charge in [-0.15, -0.1) is 0 Å². The number of hydrogen-bond acceptors (Lipinski definition) is 5. The van der Waals surface area contributed by atoms with Gasteiger partial charge in [-0.1, -0.05) is 54.1 Å². The summed E-state index contributed by atoms with van der Waals surface area (Å²) in [5.41, 5.74) is 1.74. The van der Waals surface area contributed by atoms with Gasteiger partial charge >= 0.3 is 11.9 Å². The second-order valence-electron chi connectivity index (χ2n) is 6.62. The summed E-state index contributed by atoms with van der Waals surface area (Å²) in [6.07, 6.45) is 0. The van der Waals surface area contributed by atoms with Crippen LogP contribution in [0.3, 0.4) is 0 Å². The first-order valence-corrected chi connectivity index (χ1v) is 10.0. The van der Waals surface area contributed by atoms with E-state index in [-0.39, 0.29) is 18.8 Å². The molecule has 156 valence electrons. The maximum Gasteiger partial charge on any atom is 0.336 e. The molecule has 1 amide bonds. The van der Waals surface area contributed by atoms with E-state index in [0.717, 1.165) is 0 Å². The van der Waals surface area contributed by atoms with Gasteiger partial charge in [-0.25, -0.2) is 4.79 Å². The minimum absolute atomic E-state index is 0.111. The Balaban J connectivity index is 2.27. The standard InChI is InChI=1S/C23H22ClNO5/c1-3-29-22(27)18-17(14-10-12-16(24)13-11-14)19(23(28)30-4-2)21(26)25-20(18)15-8-6-5-7-9-15/h5-13,17,19H,3-4H2,1-2H3,(H,25,26)/t17-,19+/m1/s1. The van der Waals surface area contributed by atoms with Crippen molar-refractivity contribution in [2.24, 2.45) is 5.92 Å². The van der Waals surface area contributed by atoms with Crippen LogP contribution in [0.1, 0.15) is 30.9 Å². The van der Waals surface area contributed by atoms with Crippen molar-refractivity contribution >= 4 is 35.1 Å². The molecule has 0 radical (unpaired) electrons. The molecule has 0 unspecified atom stereocenters. The molecule has 1 heterocycles. The third kappa shape index (κ3) is 4.39. The van der Waals surface area contributed by atoms with E-state index in [1.807, 2.05) is 6.07 Å². The van der Waals surface area contributed by atoms with Crippen molar-refractivity contribution in [2.45, 2.75) is 19.8 Å². The Morgan fingerprint density at radius 2 is 1.60 bits per heavy atom. The molecule has 0 aromatic heterocycles. The zero-order valence-electron chi connectivity index (χ0n) is 16.7. The molecule has 0 fully saturated rings. The maximum atomic E-state index is 13.1. The van der Waals surface area contributed by atoms with Crippen LogP contribution in [0, 0.1) is 5.92 Å². The van der Waals surface area contributed by atoms with Crippen LogP contribution in [0.4, 0.5) is 0 Å². The Labute approximate surface area is 179 Å². The molecule has 1 aliphatic rings. The second kappa shape index (κ2) is 9.59. The monoisotopic (exact) mass is 427 g/mol. The van der Waals surface area contributed by atoms with Crippen molar-refractivity contribution in [2.75, 3.05) is 13.2 Å². The average Bonchev–Trinajstić information content (AvgIpc) is 2.74. The molecular weight excluding hydrogens is 406 g/mol. The van der Waals surface area contributed by atoms with E-state index in [9.17, 15) is 14.4 Å². The van der Waals surface area contributed by atoms with Crippen LogP contribution in [0.25, 0.3) is 5.70 Å². The number of rotatable bonds is 6. The summed E-state index contributed by atoms with van der Waals surface area (Å²) in [7, 11) is 0. The minimum atomic E-state index is -1.24. The lowest BCUT2D eigenvalue weighted by Crippen LogP contribution is -2.46. The highest BCUT2D eigenvalue weighted by Gasteiger charge is 2.47. The second-order valence-corrected chi connectivity index (χ2v) is 7.06. The molecule has 0 saturated heterocycles. The lowest BCUT2D eigenvalue weighted by atomic mass is 9.75. The van der Waals surface area contributed by atoms with Crippen molar-refractivity contribution in [1.82, 2.24) is 5.32 Å².